The molecule has 0 heterocycles. The van der Waals surface area contributed by atoms with E-state index < -0.39 is 18.1 Å². The second-order valence-corrected chi connectivity index (χ2v) is 12.7. The van der Waals surface area contributed by atoms with Crippen LogP contribution < -0.4 is 10.4 Å². The summed E-state index contributed by atoms with van der Waals surface area (Å²) < 4.78 is 10.8. The molecule has 2 nitrogen and oxygen atoms in total. The van der Waals surface area contributed by atoms with Gasteiger partial charge in [-0.3, -0.25) is 0 Å². The summed E-state index contributed by atoms with van der Waals surface area (Å²) in [4.78, 5) is 0. The van der Waals surface area contributed by atoms with Crippen LogP contribution in [-0.2, 0) is 8.23 Å². The molecule has 0 aliphatic rings. The molecule has 6 heteroatoms. The molecule has 0 saturated heterocycles. The normalized spacial score (nSPS) is 10.6. The first kappa shape index (κ1) is 17.3. The van der Waals surface area contributed by atoms with Gasteiger partial charge in [-0.05, 0) is 23.5 Å². The monoisotopic (exact) mass is 336 g/mol. The summed E-state index contributed by atoms with van der Waals surface area (Å²) >= 11 is 0. The van der Waals surface area contributed by atoms with Crippen LogP contribution in [0.3, 0.4) is 0 Å². The fraction of sp³-hybridized carbons (Fsp3) is 0.143. The molecule has 2 aromatic rings. The van der Waals surface area contributed by atoms with E-state index in [-0.39, 0.29) is 0 Å². The van der Waals surface area contributed by atoms with Gasteiger partial charge in [-0.15, -0.1) is 0 Å². The topological polar surface area (TPSA) is 18.5 Å². The van der Waals surface area contributed by atoms with Gasteiger partial charge in [0.15, 0.2) is 9.04 Å². The molecule has 0 atom stereocenters. The van der Waals surface area contributed by atoms with Gasteiger partial charge in [0.2, 0.25) is 9.04 Å². The van der Waals surface area contributed by atoms with Gasteiger partial charge in [-0.25, -0.2) is 0 Å². The van der Waals surface area contributed by atoms with E-state index >= 15 is 0 Å². The highest BCUT2D eigenvalue weighted by molar-refractivity contribution is 6.81. The van der Waals surface area contributed by atoms with Crippen molar-refractivity contribution in [2.24, 2.45) is 0 Å². The Bertz CT molecular complexity index is 426. The molecule has 0 amide bonds. The molecular formula is C14H24O2Si4. The first-order valence-corrected chi connectivity index (χ1v) is 12.9. The van der Waals surface area contributed by atoms with Crippen LogP contribution in [0.2, 0.25) is 13.1 Å². The molecule has 20 heavy (non-hydrogen) atoms. The van der Waals surface area contributed by atoms with Crippen LogP contribution in [0.1, 0.15) is 0 Å². The lowest BCUT2D eigenvalue weighted by Crippen LogP contribution is -2.44. The van der Waals surface area contributed by atoms with E-state index in [0.717, 1.165) is 21.0 Å². The summed E-state index contributed by atoms with van der Waals surface area (Å²) in [5.41, 5.74) is 0. The lowest BCUT2D eigenvalue weighted by molar-refractivity contribution is 0.647. The van der Waals surface area contributed by atoms with Gasteiger partial charge in [0, 0.05) is 0 Å². The Hall–Kier alpha value is -0.772. The fourth-order valence-corrected chi connectivity index (χ4v) is 5.43. The van der Waals surface area contributed by atoms with Gasteiger partial charge in [-0.1, -0.05) is 60.7 Å². The van der Waals surface area contributed by atoms with Crippen molar-refractivity contribution in [2.75, 3.05) is 0 Å². The summed E-state index contributed by atoms with van der Waals surface area (Å²) in [5.74, 6) is 0. The third-order valence-electron chi connectivity index (χ3n) is 2.91. The third-order valence-corrected chi connectivity index (χ3v) is 10.5. The zero-order valence-corrected chi connectivity index (χ0v) is 19.1. The number of hydrogen-bond donors (Lipinski definition) is 0. The van der Waals surface area contributed by atoms with Crippen molar-refractivity contribution in [3.05, 3.63) is 60.7 Å². The number of benzene rings is 2. The van der Waals surface area contributed by atoms with Crippen LogP contribution in [0, 0.1) is 0 Å². The molecular weight excluding hydrogens is 312 g/mol. The van der Waals surface area contributed by atoms with Crippen LogP contribution in [0.5, 0.6) is 0 Å². The number of rotatable bonds is 4. The molecule has 0 aliphatic carbocycles. The lowest BCUT2D eigenvalue weighted by atomic mass is 10.4. The quantitative estimate of drug-likeness (QED) is 0.673. The Labute approximate surface area is 131 Å². The molecule has 0 spiro atoms. The molecule has 0 bridgehead atoms. The van der Waals surface area contributed by atoms with Crippen molar-refractivity contribution in [1.82, 2.24) is 0 Å². The van der Waals surface area contributed by atoms with Crippen LogP contribution in [0.25, 0.3) is 0 Å². The molecule has 0 unspecified atom stereocenters. The molecule has 0 fully saturated rings. The molecule has 108 valence electrons. The van der Waals surface area contributed by atoms with Crippen LogP contribution in [-0.4, -0.2) is 39.1 Å². The van der Waals surface area contributed by atoms with Gasteiger partial charge in [-0.2, -0.15) is 0 Å². The van der Waals surface area contributed by atoms with Crippen molar-refractivity contribution in [1.29, 1.82) is 0 Å². The van der Waals surface area contributed by atoms with Crippen LogP contribution in [0.15, 0.2) is 60.7 Å². The van der Waals surface area contributed by atoms with Gasteiger partial charge in [0.05, 0.1) is 0 Å². The summed E-state index contributed by atoms with van der Waals surface area (Å²) in [7, 11) is -0.217. The summed E-state index contributed by atoms with van der Waals surface area (Å²) in [6.45, 7) is 4.35. The highest BCUT2D eigenvalue weighted by atomic mass is 28.3. The largest absolute Gasteiger partial charge is 0.466 e. The second kappa shape index (κ2) is 10.0. The zero-order valence-electron chi connectivity index (χ0n) is 12.7. The molecule has 2 rings (SSSR count). The Morgan fingerprint density at radius 1 is 0.700 bits per heavy atom. The summed E-state index contributed by atoms with van der Waals surface area (Å²) in [6.07, 6.45) is 0. The first-order valence-electron chi connectivity index (χ1n) is 6.84. The lowest BCUT2D eigenvalue weighted by Gasteiger charge is -2.14. The van der Waals surface area contributed by atoms with E-state index in [0.29, 0.717) is 0 Å². The molecule has 2 aromatic carbocycles. The van der Waals surface area contributed by atoms with Crippen molar-refractivity contribution in [2.45, 2.75) is 13.1 Å². The summed E-state index contributed by atoms with van der Waals surface area (Å²) in [5, 5.41) is 2.72. The van der Waals surface area contributed by atoms with Crippen LogP contribution in [0.4, 0.5) is 0 Å². The van der Waals surface area contributed by atoms with E-state index in [2.05, 4.69) is 61.6 Å². The minimum absolute atomic E-state index is 0.588. The van der Waals surface area contributed by atoms with Crippen molar-refractivity contribution < 1.29 is 8.23 Å². The SMILES string of the molecule is C[SiH](C)O[SiH3].[SiH3]O[SiH](c1ccccc1)c1ccccc1. The Morgan fingerprint density at radius 2 is 1.05 bits per heavy atom. The average Bonchev–Trinajstić information content (AvgIpc) is 2.51. The highest BCUT2D eigenvalue weighted by Crippen LogP contribution is 1.92. The van der Waals surface area contributed by atoms with Crippen molar-refractivity contribution in [3.63, 3.8) is 0 Å². The Morgan fingerprint density at radius 3 is 1.30 bits per heavy atom. The van der Waals surface area contributed by atoms with E-state index in [1.54, 1.807) is 0 Å². The predicted octanol–water partition coefficient (Wildman–Crippen LogP) is -0.912. The predicted molar refractivity (Wildman–Crippen MR) is 100 cm³/mol. The fourth-order valence-electron chi connectivity index (χ4n) is 1.72. The molecule has 0 aromatic heterocycles. The zero-order chi connectivity index (χ0) is 14.8. The van der Waals surface area contributed by atoms with Crippen LogP contribution >= 0.6 is 0 Å². The van der Waals surface area contributed by atoms with Gasteiger partial charge in [0.1, 0.15) is 21.0 Å². The third kappa shape index (κ3) is 6.12. The Balaban J connectivity index is 0.000000347. The van der Waals surface area contributed by atoms with E-state index in [9.17, 15) is 0 Å². The second-order valence-electron chi connectivity index (χ2n) is 4.72. The van der Waals surface area contributed by atoms with Gasteiger partial charge >= 0.3 is 0 Å². The van der Waals surface area contributed by atoms with E-state index in [1.165, 1.54) is 10.4 Å². The molecule has 0 saturated carbocycles. The van der Waals surface area contributed by atoms with E-state index in [1.807, 2.05) is 12.1 Å². The maximum absolute atomic E-state index is 5.80. The van der Waals surface area contributed by atoms with Gasteiger partial charge < -0.3 is 8.23 Å². The van der Waals surface area contributed by atoms with Crippen molar-refractivity contribution in [3.8, 4) is 0 Å². The Kier molecular flexibility index (Phi) is 8.66. The smallest absolute Gasteiger partial charge is 0.227 e. The maximum atomic E-state index is 5.80. The minimum Gasteiger partial charge on any atom is -0.466 e. The maximum Gasteiger partial charge on any atom is 0.227 e. The highest BCUT2D eigenvalue weighted by Gasteiger charge is 2.14. The van der Waals surface area contributed by atoms with Gasteiger partial charge in [0.25, 0.3) is 0 Å². The van der Waals surface area contributed by atoms with E-state index in [4.69, 9.17) is 8.23 Å². The standard InChI is InChI=1S/C12H14OSi2.C2H10OSi2/c14-13-15(11-7-3-1-4-8-11)12-9-5-2-6-10-12;1-5(2)3-4/h1-10,15H,14H3;5H,1-2,4H3. The molecule has 0 N–H and O–H groups in total. The minimum atomic E-state index is -1.37. The molecule has 0 aliphatic heterocycles. The first-order chi connectivity index (χ1) is 9.69. The number of hydrogen-bond acceptors (Lipinski definition) is 2. The van der Waals surface area contributed by atoms with Crippen molar-refractivity contribution >= 4 is 49.4 Å². The average molecular weight is 337 g/mol. The summed E-state index contributed by atoms with van der Waals surface area (Å²) in [6, 6.07) is 21.1. The molecule has 0 radical (unpaired) electrons.